The van der Waals surface area contributed by atoms with Gasteiger partial charge >= 0.3 is 0 Å². The number of nitrogens with zero attached hydrogens (tertiary/aromatic N) is 1. The van der Waals surface area contributed by atoms with Gasteiger partial charge in [-0.3, -0.25) is 4.79 Å². The summed E-state index contributed by atoms with van der Waals surface area (Å²) in [6, 6.07) is 7.78. The molecule has 0 aliphatic carbocycles. The minimum Gasteiger partial charge on any atom is -0.377 e. The molecule has 1 heterocycles. The van der Waals surface area contributed by atoms with Crippen molar-refractivity contribution in [2.24, 2.45) is 0 Å². The van der Waals surface area contributed by atoms with Crippen LogP contribution in [-0.4, -0.2) is 16.9 Å². The predicted octanol–water partition coefficient (Wildman–Crippen LogP) is 3.45. The Balaban J connectivity index is 1.99. The first-order valence-corrected chi connectivity index (χ1v) is 7.56. The van der Waals surface area contributed by atoms with Crippen molar-refractivity contribution in [3.05, 3.63) is 46.4 Å². The molecule has 2 N–H and O–H groups in total. The van der Waals surface area contributed by atoms with Gasteiger partial charge in [-0.15, -0.1) is 11.3 Å². The molecule has 1 atom stereocenters. The highest BCUT2D eigenvalue weighted by molar-refractivity contribution is 7.07. The van der Waals surface area contributed by atoms with E-state index in [-0.39, 0.29) is 18.0 Å². The minimum atomic E-state index is -0.0425. The second-order valence-corrected chi connectivity index (χ2v) is 5.70. The fraction of sp³-hybridized carbons (Fsp3) is 0.333. The van der Waals surface area contributed by atoms with E-state index in [2.05, 4.69) is 22.5 Å². The first kappa shape index (κ1) is 14.5. The van der Waals surface area contributed by atoms with Crippen LogP contribution in [0.2, 0.25) is 0 Å². The number of nitrogens with one attached hydrogen (secondary N) is 2. The van der Waals surface area contributed by atoms with Crippen LogP contribution in [0.15, 0.2) is 35.2 Å². The van der Waals surface area contributed by atoms with Crippen LogP contribution in [0.3, 0.4) is 0 Å². The molecule has 1 unspecified atom stereocenters. The highest BCUT2D eigenvalue weighted by Gasteiger charge is 2.09. The zero-order valence-electron chi connectivity index (χ0n) is 11.9. The van der Waals surface area contributed by atoms with Gasteiger partial charge in [0.1, 0.15) is 0 Å². The largest absolute Gasteiger partial charge is 0.377 e. The molecule has 0 saturated heterocycles. The zero-order valence-corrected chi connectivity index (χ0v) is 12.7. The molecule has 20 heavy (non-hydrogen) atoms. The van der Waals surface area contributed by atoms with Gasteiger partial charge in [-0.2, -0.15) is 0 Å². The van der Waals surface area contributed by atoms with Crippen molar-refractivity contribution in [2.75, 3.05) is 5.32 Å². The Morgan fingerprint density at radius 3 is 2.45 bits per heavy atom. The Kier molecular flexibility index (Phi) is 4.74. The van der Waals surface area contributed by atoms with E-state index in [0.717, 1.165) is 11.4 Å². The number of anilines is 1. The van der Waals surface area contributed by atoms with Crippen LogP contribution in [0.1, 0.15) is 42.9 Å². The SMILES string of the molecule is CC(C)NC(=O)c1ccc(NC(C)c2cscn2)cc1. The quantitative estimate of drug-likeness (QED) is 0.886. The molecular weight excluding hydrogens is 270 g/mol. The number of benzene rings is 1. The maximum atomic E-state index is 11.8. The first-order valence-electron chi connectivity index (χ1n) is 6.62. The minimum absolute atomic E-state index is 0.0425. The average Bonchev–Trinajstić information content (AvgIpc) is 2.92. The highest BCUT2D eigenvalue weighted by Crippen LogP contribution is 2.19. The van der Waals surface area contributed by atoms with Crippen molar-refractivity contribution < 1.29 is 4.79 Å². The molecule has 5 heteroatoms. The smallest absolute Gasteiger partial charge is 0.251 e. The lowest BCUT2D eigenvalue weighted by atomic mass is 10.1. The Morgan fingerprint density at radius 2 is 1.90 bits per heavy atom. The van der Waals surface area contributed by atoms with Gasteiger partial charge in [0.2, 0.25) is 0 Å². The molecule has 0 radical (unpaired) electrons. The number of hydrogen-bond acceptors (Lipinski definition) is 4. The lowest BCUT2D eigenvalue weighted by molar-refractivity contribution is 0.0943. The van der Waals surface area contributed by atoms with Crippen molar-refractivity contribution in [3.63, 3.8) is 0 Å². The van der Waals surface area contributed by atoms with Crippen molar-refractivity contribution in [1.82, 2.24) is 10.3 Å². The number of carbonyl (C=O) groups is 1. The monoisotopic (exact) mass is 289 g/mol. The summed E-state index contributed by atoms with van der Waals surface area (Å²) in [6.45, 7) is 5.96. The number of amides is 1. The molecule has 1 aromatic carbocycles. The molecule has 0 bridgehead atoms. The molecule has 1 amide bonds. The summed E-state index contributed by atoms with van der Waals surface area (Å²) in [5.74, 6) is -0.0425. The standard InChI is InChI=1S/C15H19N3OS/c1-10(2)17-15(19)12-4-6-13(7-5-12)18-11(3)14-8-20-9-16-14/h4-11,18H,1-3H3,(H,17,19). The van der Waals surface area contributed by atoms with Gasteiger partial charge in [0.25, 0.3) is 5.91 Å². The third-order valence-electron chi connectivity index (χ3n) is 2.85. The lowest BCUT2D eigenvalue weighted by Crippen LogP contribution is -2.29. The Hall–Kier alpha value is -1.88. The molecule has 0 aliphatic heterocycles. The van der Waals surface area contributed by atoms with Gasteiger partial charge in [-0.25, -0.2) is 4.98 Å². The predicted molar refractivity (Wildman–Crippen MR) is 83.2 cm³/mol. The van der Waals surface area contributed by atoms with Crippen molar-refractivity contribution in [1.29, 1.82) is 0 Å². The number of rotatable bonds is 5. The molecule has 0 spiro atoms. The third-order valence-corrected chi connectivity index (χ3v) is 3.45. The van der Waals surface area contributed by atoms with E-state index in [9.17, 15) is 4.79 Å². The van der Waals surface area contributed by atoms with Crippen LogP contribution in [-0.2, 0) is 0 Å². The zero-order chi connectivity index (χ0) is 14.5. The van der Waals surface area contributed by atoms with Gasteiger partial charge in [0, 0.05) is 22.7 Å². The third kappa shape index (κ3) is 3.81. The summed E-state index contributed by atoms with van der Waals surface area (Å²) < 4.78 is 0. The van der Waals surface area contributed by atoms with E-state index in [1.54, 1.807) is 11.3 Å². The van der Waals surface area contributed by atoms with Crippen LogP contribution in [0.4, 0.5) is 5.69 Å². The van der Waals surface area contributed by atoms with Gasteiger partial charge < -0.3 is 10.6 Å². The molecular formula is C15H19N3OS. The Bertz CT molecular complexity index is 549. The Morgan fingerprint density at radius 1 is 1.20 bits per heavy atom. The second kappa shape index (κ2) is 6.52. The van der Waals surface area contributed by atoms with E-state index in [0.29, 0.717) is 5.56 Å². The maximum absolute atomic E-state index is 11.8. The molecule has 0 fully saturated rings. The summed E-state index contributed by atoms with van der Waals surface area (Å²) >= 11 is 1.59. The van der Waals surface area contributed by atoms with Crippen LogP contribution < -0.4 is 10.6 Å². The van der Waals surface area contributed by atoms with Crippen molar-refractivity contribution in [2.45, 2.75) is 32.9 Å². The van der Waals surface area contributed by atoms with Crippen LogP contribution in [0, 0.1) is 0 Å². The van der Waals surface area contributed by atoms with Crippen LogP contribution >= 0.6 is 11.3 Å². The normalized spacial score (nSPS) is 12.2. The molecule has 0 saturated carbocycles. The fourth-order valence-electron chi connectivity index (χ4n) is 1.82. The molecule has 4 nitrogen and oxygen atoms in total. The van der Waals surface area contributed by atoms with Gasteiger partial charge in [0.05, 0.1) is 17.2 Å². The van der Waals surface area contributed by atoms with E-state index >= 15 is 0 Å². The molecule has 0 aliphatic rings. The maximum Gasteiger partial charge on any atom is 0.251 e. The molecule has 2 rings (SSSR count). The number of aromatic nitrogens is 1. The molecule has 106 valence electrons. The van der Waals surface area contributed by atoms with E-state index in [1.807, 2.05) is 49.0 Å². The van der Waals surface area contributed by atoms with Gasteiger partial charge in [-0.05, 0) is 45.0 Å². The second-order valence-electron chi connectivity index (χ2n) is 4.98. The van der Waals surface area contributed by atoms with Gasteiger partial charge in [-0.1, -0.05) is 0 Å². The number of carbonyl (C=O) groups excluding carboxylic acids is 1. The van der Waals surface area contributed by atoms with Crippen LogP contribution in [0.25, 0.3) is 0 Å². The van der Waals surface area contributed by atoms with E-state index in [4.69, 9.17) is 0 Å². The highest BCUT2D eigenvalue weighted by atomic mass is 32.1. The average molecular weight is 289 g/mol. The fourth-order valence-corrected chi connectivity index (χ4v) is 2.47. The lowest BCUT2D eigenvalue weighted by Gasteiger charge is -2.14. The summed E-state index contributed by atoms with van der Waals surface area (Å²) in [4.78, 5) is 16.1. The number of thiazole rings is 1. The van der Waals surface area contributed by atoms with Crippen LogP contribution in [0.5, 0.6) is 0 Å². The summed E-state index contributed by atoms with van der Waals surface area (Å²) in [5, 5.41) is 8.27. The van der Waals surface area contributed by atoms with E-state index in [1.165, 1.54) is 0 Å². The summed E-state index contributed by atoms with van der Waals surface area (Å²) in [7, 11) is 0. The Labute approximate surface area is 123 Å². The number of hydrogen-bond donors (Lipinski definition) is 2. The van der Waals surface area contributed by atoms with E-state index < -0.39 is 0 Å². The molecule has 2 aromatic rings. The van der Waals surface area contributed by atoms with Crippen molar-refractivity contribution >= 4 is 22.9 Å². The molecule has 1 aromatic heterocycles. The summed E-state index contributed by atoms with van der Waals surface area (Å²) in [6.07, 6.45) is 0. The summed E-state index contributed by atoms with van der Waals surface area (Å²) in [5.41, 5.74) is 4.50. The topological polar surface area (TPSA) is 54.0 Å². The van der Waals surface area contributed by atoms with Crippen molar-refractivity contribution in [3.8, 4) is 0 Å². The first-order chi connectivity index (χ1) is 9.56. The van der Waals surface area contributed by atoms with Gasteiger partial charge in [0.15, 0.2) is 0 Å².